The van der Waals surface area contributed by atoms with Crippen LogP contribution in [-0.2, 0) is 17.7 Å². The van der Waals surface area contributed by atoms with Crippen LogP contribution in [0.2, 0.25) is 5.02 Å². The maximum absolute atomic E-state index is 12.8. The van der Waals surface area contributed by atoms with Crippen molar-refractivity contribution < 1.29 is 9.53 Å². The van der Waals surface area contributed by atoms with Gasteiger partial charge in [0, 0.05) is 24.7 Å². The molecule has 2 aromatic rings. The molecule has 1 aromatic carbocycles. The zero-order valence-corrected chi connectivity index (χ0v) is 16.0. The number of nitrogens with one attached hydrogen (secondary N) is 1. The minimum Gasteiger partial charge on any atom is -0.378 e. The Morgan fingerprint density at radius 3 is 2.62 bits per heavy atom. The maximum Gasteiger partial charge on any atom is 0.253 e. The average molecular weight is 374 g/mol. The van der Waals surface area contributed by atoms with Gasteiger partial charge in [-0.3, -0.25) is 4.79 Å². The predicted molar refractivity (Wildman–Crippen MR) is 104 cm³/mol. The highest BCUT2D eigenvalue weighted by molar-refractivity contribution is 6.30. The number of ether oxygens (including phenoxy) is 1. The quantitative estimate of drug-likeness (QED) is 0.873. The lowest BCUT2D eigenvalue weighted by Gasteiger charge is -2.29. The van der Waals surface area contributed by atoms with Crippen molar-refractivity contribution in [3.8, 4) is 0 Å². The number of benzene rings is 1. The van der Waals surface area contributed by atoms with E-state index in [4.69, 9.17) is 21.3 Å². The lowest BCUT2D eigenvalue weighted by atomic mass is 10.0. The number of halogens is 1. The first kappa shape index (κ1) is 18.7. The van der Waals surface area contributed by atoms with Gasteiger partial charge in [0.2, 0.25) is 0 Å². The molecular weight excluding hydrogens is 350 g/mol. The lowest BCUT2D eigenvalue weighted by molar-refractivity contribution is 0.0948. The van der Waals surface area contributed by atoms with Crippen molar-refractivity contribution in [1.82, 2.24) is 10.3 Å². The van der Waals surface area contributed by atoms with Crippen molar-refractivity contribution in [2.75, 3.05) is 31.2 Å². The van der Waals surface area contributed by atoms with E-state index < -0.39 is 0 Å². The molecule has 0 aliphatic carbocycles. The van der Waals surface area contributed by atoms with Crippen LogP contribution in [0.1, 0.15) is 34.1 Å². The number of nitrogens with zero attached hydrogens (tertiary/aromatic N) is 2. The molecule has 0 bridgehead atoms. The van der Waals surface area contributed by atoms with Crippen molar-refractivity contribution in [2.24, 2.45) is 0 Å². The van der Waals surface area contributed by atoms with Crippen LogP contribution in [0, 0.1) is 6.92 Å². The van der Waals surface area contributed by atoms with Gasteiger partial charge >= 0.3 is 0 Å². The summed E-state index contributed by atoms with van der Waals surface area (Å²) in [5.74, 6) is 0.840. The molecule has 0 unspecified atom stereocenters. The number of hydrogen-bond acceptors (Lipinski definition) is 4. The van der Waals surface area contributed by atoms with Gasteiger partial charge in [-0.2, -0.15) is 0 Å². The molecule has 1 aliphatic rings. The van der Waals surface area contributed by atoms with Gasteiger partial charge in [0.05, 0.1) is 24.5 Å². The van der Waals surface area contributed by atoms with E-state index in [0.29, 0.717) is 36.8 Å². The summed E-state index contributed by atoms with van der Waals surface area (Å²) in [4.78, 5) is 19.7. The Kier molecular flexibility index (Phi) is 6.12. The second-order valence-corrected chi connectivity index (χ2v) is 6.82. The van der Waals surface area contributed by atoms with Crippen LogP contribution >= 0.6 is 11.6 Å². The Morgan fingerprint density at radius 1 is 1.27 bits per heavy atom. The summed E-state index contributed by atoms with van der Waals surface area (Å²) < 4.78 is 5.41. The minimum atomic E-state index is -0.0877. The highest BCUT2D eigenvalue weighted by atomic mass is 35.5. The van der Waals surface area contributed by atoms with E-state index >= 15 is 0 Å². The smallest absolute Gasteiger partial charge is 0.253 e. The summed E-state index contributed by atoms with van der Waals surface area (Å²) in [6.07, 6.45) is 0.711. The first-order valence-corrected chi connectivity index (χ1v) is 9.32. The van der Waals surface area contributed by atoms with Gasteiger partial charge in [0.1, 0.15) is 5.82 Å². The Hall–Kier alpha value is -2.11. The molecule has 6 heteroatoms. The molecule has 0 atom stereocenters. The number of rotatable bonds is 5. The van der Waals surface area contributed by atoms with E-state index in [2.05, 4.69) is 10.2 Å². The number of aromatic nitrogens is 1. The number of amides is 1. The van der Waals surface area contributed by atoms with Crippen molar-refractivity contribution in [2.45, 2.75) is 26.8 Å². The third kappa shape index (κ3) is 4.34. The lowest BCUT2D eigenvalue weighted by Crippen LogP contribution is -2.37. The van der Waals surface area contributed by atoms with Crippen LogP contribution in [0.4, 0.5) is 5.82 Å². The number of carbonyl (C=O) groups is 1. The third-order valence-corrected chi connectivity index (χ3v) is 4.79. The van der Waals surface area contributed by atoms with Crippen molar-refractivity contribution in [3.05, 3.63) is 57.7 Å². The second kappa shape index (κ2) is 8.52. The van der Waals surface area contributed by atoms with Crippen LogP contribution < -0.4 is 10.2 Å². The molecule has 2 heterocycles. The fraction of sp³-hybridized carbons (Fsp3) is 0.400. The molecule has 0 radical (unpaired) electrons. The Labute approximate surface area is 159 Å². The second-order valence-electron chi connectivity index (χ2n) is 6.38. The van der Waals surface area contributed by atoms with Crippen LogP contribution in [0.5, 0.6) is 0 Å². The summed E-state index contributed by atoms with van der Waals surface area (Å²) in [7, 11) is 0. The van der Waals surface area contributed by atoms with E-state index in [0.717, 1.165) is 35.7 Å². The van der Waals surface area contributed by atoms with Gasteiger partial charge in [-0.25, -0.2) is 4.98 Å². The Morgan fingerprint density at radius 2 is 1.96 bits per heavy atom. The number of morpholine rings is 1. The normalized spacial score (nSPS) is 14.3. The van der Waals surface area contributed by atoms with Crippen molar-refractivity contribution in [1.29, 1.82) is 0 Å². The molecule has 0 saturated carbocycles. The van der Waals surface area contributed by atoms with Gasteiger partial charge in [0.25, 0.3) is 5.91 Å². The van der Waals surface area contributed by atoms with Crippen LogP contribution in [0.25, 0.3) is 0 Å². The molecule has 1 saturated heterocycles. The standard InChI is InChI=1S/C20H24ClN3O2/c1-3-17-19(20(25)22-13-15-4-6-16(21)7-5-15)14(2)12-18(23-17)24-8-10-26-11-9-24/h4-7,12H,3,8-11,13H2,1-2H3,(H,22,25). The zero-order chi connectivity index (χ0) is 18.5. The molecule has 3 rings (SSSR count). The molecule has 1 aromatic heterocycles. The van der Waals surface area contributed by atoms with E-state index in [1.807, 2.05) is 44.2 Å². The van der Waals surface area contributed by atoms with Gasteiger partial charge < -0.3 is 15.0 Å². The number of anilines is 1. The van der Waals surface area contributed by atoms with Gasteiger partial charge in [-0.1, -0.05) is 30.7 Å². The largest absolute Gasteiger partial charge is 0.378 e. The van der Waals surface area contributed by atoms with Crippen molar-refractivity contribution >= 4 is 23.3 Å². The van der Waals surface area contributed by atoms with Crippen LogP contribution in [0.3, 0.4) is 0 Å². The Balaban J connectivity index is 1.77. The zero-order valence-electron chi connectivity index (χ0n) is 15.2. The minimum absolute atomic E-state index is 0.0877. The van der Waals surface area contributed by atoms with Crippen LogP contribution in [-0.4, -0.2) is 37.2 Å². The SMILES string of the molecule is CCc1nc(N2CCOCC2)cc(C)c1C(=O)NCc1ccc(Cl)cc1. The van der Waals surface area contributed by atoms with Gasteiger partial charge in [-0.15, -0.1) is 0 Å². The maximum atomic E-state index is 12.8. The number of carbonyl (C=O) groups excluding carboxylic acids is 1. The van der Waals surface area contributed by atoms with Crippen molar-refractivity contribution in [3.63, 3.8) is 0 Å². The number of hydrogen-bond donors (Lipinski definition) is 1. The monoisotopic (exact) mass is 373 g/mol. The molecular formula is C20H24ClN3O2. The fourth-order valence-electron chi connectivity index (χ4n) is 3.11. The Bertz CT molecular complexity index is 771. The molecule has 1 N–H and O–H groups in total. The summed E-state index contributed by atoms with van der Waals surface area (Å²) in [5.41, 5.74) is 3.47. The van der Waals surface area contributed by atoms with E-state index in [1.165, 1.54) is 0 Å². The fourth-order valence-corrected chi connectivity index (χ4v) is 3.24. The van der Waals surface area contributed by atoms with Gasteiger partial charge in [-0.05, 0) is 42.7 Å². The average Bonchev–Trinajstić information content (AvgIpc) is 2.67. The summed E-state index contributed by atoms with van der Waals surface area (Å²) in [6.45, 7) is 7.55. The highest BCUT2D eigenvalue weighted by Gasteiger charge is 2.19. The number of pyridine rings is 1. The predicted octanol–water partition coefficient (Wildman–Crippen LogP) is 3.37. The molecule has 1 aliphatic heterocycles. The molecule has 26 heavy (non-hydrogen) atoms. The molecule has 138 valence electrons. The third-order valence-electron chi connectivity index (χ3n) is 4.54. The molecule has 1 amide bonds. The first-order chi connectivity index (χ1) is 12.6. The highest BCUT2D eigenvalue weighted by Crippen LogP contribution is 2.21. The van der Waals surface area contributed by atoms with E-state index in [9.17, 15) is 4.79 Å². The van der Waals surface area contributed by atoms with Gasteiger partial charge in [0.15, 0.2) is 0 Å². The molecule has 0 spiro atoms. The first-order valence-electron chi connectivity index (χ1n) is 8.94. The molecule has 1 fully saturated rings. The number of aryl methyl sites for hydroxylation is 2. The molecule has 5 nitrogen and oxygen atoms in total. The van der Waals surface area contributed by atoms with Crippen LogP contribution in [0.15, 0.2) is 30.3 Å². The summed E-state index contributed by atoms with van der Waals surface area (Å²) >= 11 is 5.90. The summed E-state index contributed by atoms with van der Waals surface area (Å²) in [6, 6.07) is 9.47. The summed E-state index contributed by atoms with van der Waals surface area (Å²) in [5, 5.41) is 3.68. The van der Waals surface area contributed by atoms with E-state index in [1.54, 1.807) is 0 Å². The van der Waals surface area contributed by atoms with E-state index in [-0.39, 0.29) is 5.91 Å². The topological polar surface area (TPSA) is 54.5 Å².